The van der Waals surface area contributed by atoms with E-state index in [2.05, 4.69) is 14.7 Å². The lowest BCUT2D eigenvalue weighted by Crippen LogP contribution is -2.26. The molecule has 7 heteroatoms. The molecule has 0 aliphatic rings. The lowest BCUT2D eigenvalue weighted by Gasteiger charge is -2.07. The number of imidazole rings is 1. The number of aromatic amines is 1. The molecule has 0 saturated carbocycles. The Morgan fingerprint density at radius 3 is 2.59 bits per heavy atom. The van der Waals surface area contributed by atoms with E-state index in [0.717, 1.165) is 36.9 Å². The zero-order valence-corrected chi connectivity index (χ0v) is 13.8. The predicted octanol–water partition coefficient (Wildman–Crippen LogP) is 2.90. The van der Waals surface area contributed by atoms with Gasteiger partial charge in [-0.2, -0.15) is 0 Å². The molecule has 2 N–H and O–H groups in total. The number of unbranched alkanes of at least 4 members (excludes halogenated alkanes) is 2. The summed E-state index contributed by atoms with van der Waals surface area (Å²) >= 11 is 5.78. The van der Waals surface area contributed by atoms with Gasteiger partial charge in [0.25, 0.3) is 0 Å². The topological polar surface area (TPSA) is 74.8 Å². The van der Waals surface area contributed by atoms with Crippen molar-refractivity contribution in [2.45, 2.75) is 31.4 Å². The van der Waals surface area contributed by atoms with Crippen molar-refractivity contribution in [3.05, 3.63) is 53.1 Å². The van der Waals surface area contributed by atoms with Crippen LogP contribution < -0.4 is 4.72 Å². The molecule has 0 aliphatic carbocycles. The average molecular weight is 342 g/mol. The zero-order chi connectivity index (χ0) is 15.8. The van der Waals surface area contributed by atoms with E-state index >= 15 is 0 Å². The normalized spacial score (nSPS) is 11.7. The van der Waals surface area contributed by atoms with Gasteiger partial charge in [-0.3, -0.25) is 0 Å². The van der Waals surface area contributed by atoms with E-state index in [0.29, 0.717) is 11.6 Å². The van der Waals surface area contributed by atoms with Gasteiger partial charge in [-0.1, -0.05) is 30.2 Å². The first-order chi connectivity index (χ1) is 10.6. The number of halogens is 1. The fourth-order valence-electron chi connectivity index (χ4n) is 2.12. The Morgan fingerprint density at radius 1 is 1.14 bits per heavy atom. The van der Waals surface area contributed by atoms with Crippen molar-refractivity contribution in [3.8, 4) is 0 Å². The highest BCUT2D eigenvalue weighted by Gasteiger charge is 2.10. The summed E-state index contributed by atoms with van der Waals surface area (Å²) in [6.45, 7) is 0.471. The molecular weight excluding hydrogens is 322 g/mol. The number of hydrogen-bond acceptors (Lipinski definition) is 3. The molecule has 0 fully saturated rings. The Balaban J connectivity index is 1.63. The highest BCUT2D eigenvalue weighted by atomic mass is 35.5. The van der Waals surface area contributed by atoms with Crippen molar-refractivity contribution < 1.29 is 8.42 Å². The van der Waals surface area contributed by atoms with Crippen LogP contribution in [0.4, 0.5) is 0 Å². The molecule has 2 rings (SSSR count). The van der Waals surface area contributed by atoms with Crippen LogP contribution in [0.15, 0.2) is 36.8 Å². The summed E-state index contributed by atoms with van der Waals surface area (Å²) in [6.07, 6.45) is 7.24. The molecule has 0 radical (unpaired) electrons. The number of rotatable bonds is 9. The Morgan fingerprint density at radius 2 is 1.91 bits per heavy atom. The van der Waals surface area contributed by atoms with E-state index in [9.17, 15) is 8.42 Å². The predicted molar refractivity (Wildman–Crippen MR) is 88.2 cm³/mol. The number of sulfonamides is 1. The number of nitrogens with one attached hydrogen (secondary N) is 2. The first kappa shape index (κ1) is 17.0. The maximum Gasteiger partial charge on any atom is 0.215 e. The van der Waals surface area contributed by atoms with E-state index in [1.807, 2.05) is 6.20 Å². The SMILES string of the molecule is O=S(=O)(Cc1ccc(Cl)cc1)NCCCCCc1cnc[nH]1. The summed E-state index contributed by atoms with van der Waals surface area (Å²) in [5.41, 5.74) is 1.85. The van der Waals surface area contributed by atoms with Gasteiger partial charge in [0.2, 0.25) is 10.0 Å². The fourth-order valence-corrected chi connectivity index (χ4v) is 3.43. The summed E-state index contributed by atoms with van der Waals surface area (Å²) in [4.78, 5) is 7.01. The third-order valence-corrected chi connectivity index (χ3v) is 4.88. The van der Waals surface area contributed by atoms with Crippen LogP contribution in [-0.4, -0.2) is 24.9 Å². The van der Waals surface area contributed by atoms with E-state index in [1.165, 1.54) is 0 Å². The van der Waals surface area contributed by atoms with Gasteiger partial charge in [-0.15, -0.1) is 0 Å². The minimum absolute atomic E-state index is 0.0156. The highest BCUT2D eigenvalue weighted by Crippen LogP contribution is 2.11. The molecule has 0 bridgehead atoms. The molecular formula is C15H20ClN3O2S. The smallest absolute Gasteiger partial charge is 0.215 e. The maximum absolute atomic E-state index is 11.9. The molecule has 0 spiro atoms. The van der Waals surface area contributed by atoms with Crippen molar-refractivity contribution >= 4 is 21.6 Å². The Bertz CT molecular complexity index is 655. The zero-order valence-electron chi connectivity index (χ0n) is 12.3. The van der Waals surface area contributed by atoms with Crippen LogP contribution in [0.2, 0.25) is 5.02 Å². The average Bonchev–Trinajstić information content (AvgIpc) is 2.98. The van der Waals surface area contributed by atoms with Crippen molar-refractivity contribution in [3.63, 3.8) is 0 Å². The van der Waals surface area contributed by atoms with Crippen LogP contribution in [0.5, 0.6) is 0 Å². The monoisotopic (exact) mass is 341 g/mol. The van der Waals surface area contributed by atoms with Crippen molar-refractivity contribution in [2.24, 2.45) is 0 Å². The van der Waals surface area contributed by atoms with E-state index < -0.39 is 10.0 Å². The van der Waals surface area contributed by atoms with Crippen LogP contribution in [0.1, 0.15) is 30.5 Å². The fraction of sp³-hybridized carbons (Fsp3) is 0.400. The van der Waals surface area contributed by atoms with E-state index in [-0.39, 0.29) is 5.75 Å². The summed E-state index contributed by atoms with van der Waals surface area (Å²) in [5.74, 6) is -0.0156. The standard InChI is InChI=1S/C15H20ClN3O2S/c16-14-7-5-13(6-8-14)11-22(20,21)19-9-3-1-2-4-15-10-17-12-18-15/h5-8,10,12,19H,1-4,9,11H2,(H,17,18). The lowest BCUT2D eigenvalue weighted by molar-refractivity contribution is 0.573. The van der Waals surface area contributed by atoms with E-state index in [4.69, 9.17) is 11.6 Å². The molecule has 22 heavy (non-hydrogen) atoms. The van der Waals surface area contributed by atoms with Gasteiger partial charge in [-0.05, 0) is 37.0 Å². The van der Waals surface area contributed by atoms with Gasteiger partial charge in [0, 0.05) is 23.5 Å². The van der Waals surface area contributed by atoms with Gasteiger partial charge in [0.15, 0.2) is 0 Å². The second-order valence-corrected chi connectivity index (χ2v) is 7.41. The minimum Gasteiger partial charge on any atom is -0.348 e. The van der Waals surface area contributed by atoms with Crippen LogP contribution in [0.3, 0.4) is 0 Å². The quantitative estimate of drug-likeness (QED) is 0.689. The van der Waals surface area contributed by atoms with Gasteiger partial charge in [-0.25, -0.2) is 18.1 Å². The number of benzene rings is 1. The van der Waals surface area contributed by atoms with Crippen molar-refractivity contribution in [1.29, 1.82) is 0 Å². The van der Waals surface area contributed by atoms with Crippen molar-refractivity contribution in [2.75, 3.05) is 6.54 Å². The molecule has 2 aromatic rings. The summed E-state index contributed by atoms with van der Waals surface area (Å²) in [7, 11) is -3.29. The first-order valence-electron chi connectivity index (χ1n) is 7.24. The minimum atomic E-state index is -3.29. The lowest BCUT2D eigenvalue weighted by atomic mass is 10.1. The second kappa shape index (κ2) is 8.31. The van der Waals surface area contributed by atoms with Crippen molar-refractivity contribution in [1.82, 2.24) is 14.7 Å². The molecule has 0 aliphatic heterocycles. The Labute approximate surface area is 136 Å². The van der Waals surface area contributed by atoms with Crippen LogP contribution in [0.25, 0.3) is 0 Å². The van der Waals surface area contributed by atoms with Gasteiger partial charge < -0.3 is 4.98 Å². The van der Waals surface area contributed by atoms with Gasteiger partial charge in [0.05, 0.1) is 12.1 Å². The van der Waals surface area contributed by atoms with Crippen LogP contribution in [0, 0.1) is 0 Å². The Kier molecular flexibility index (Phi) is 6.42. The number of hydrogen-bond donors (Lipinski definition) is 2. The third-order valence-electron chi connectivity index (χ3n) is 3.27. The van der Waals surface area contributed by atoms with E-state index in [1.54, 1.807) is 30.6 Å². The number of H-pyrrole nitrogens is 1. The van der Waals surface area contributed by atoms with Crippen LogP contribution in [-0.2, 0) is 22.2 Å². The van der Waals surface area contributed by atoms with Gasteiger partial charge >= 0.3 is 0 Å². The molecule has 1 aromatic heterocycles. The summed E-state index contributed by atoms with van der Waals surface area (Å²) < 4.78 is 26.5. The number of aromatic nitrogens is 2. The number of nitrogens with zero attached hydrogens (tertiary/aromatic N) is 1. The highest BCUT2D eigenvalue weighted by molar-refractivity contribution is 7.88. The van der Waals surface area contributed by atoms with Gasteiger partial charge in [0.1, 0.15) is 0 Å². The molecule has 5 nitrogen and oxygen atoms in total. The molecule has 0 amide bonds. The summed E-state index contributed by atoms with van der Waals surface area (Å²) in [5, 5.41) is 0.603. The molecule has 0 unspecified atom stereocenters. The summed E-state index contributed by atoms with van der Waals surface area (Å²) in [6, 6.07) is 6.85. The maximum atomic E-state index is 11.9. The molecule has 0 atom stereocenters. The molecule has 0 saturated heterocycles. The first-order valence-corrected chi connectivity index (χ1v) is 9.27. The molecule has 1 heterocycles. The number of aryl methyl sites for hydroxylation is 1. The Hall–Kier alpha value is -1.37. The third kappa shape index (κ3) is 6.17. The molecule has 1 aromatic carbocycles. The van der Waals surface area contributed by atoms with Crippen LogP contribution >= 0.6 is 11.6 Å². The second-order valence-electron chi connectivity index (χ2n) is 5.17. The largest absolute Gasteiger partial charge is 0.348 e. The molecule has 120 valence electrons.